The molecule has 2 rings (SSSR count). The van der Waals surface area contributed by atoms with Crippen LogP contribution >= 0.6 is 0 Å². The normalized spacial score (nSPS) is 29.6. The first-order valence-electron chi connectivity index (χ1n) is 12.0. The summed E-state index contributed by atoms with van der Waals surface area (Å²) in [5, 5.41) is 3.08. The fourth-order valence-corrected chi connectivity index (χ4v) is 5.72. The Bertz CT molecular complexity index is 422. The summed E-state index contributed by atoms with van der Waals surface area (Å²) in [5.41, 5.74) is 0.240. The molecule has 2 atom stereocenters. The second-order valence-electron chi connectivity index (χ2n) is 9.62. The van der Waals surface area contributed by atoms with Gasteiger partial charge in [0, 0.05) is 19.6 Å². The minimum Gasteiger partial charge on any atom is -0.379 e. The molecule has 28 heavy (non-hydrogen) atoms. The van der Waals surface area contributed by atoms with Crippen molar-refractivity contribution in [1.82, 2.24) is 5.32 Å². The Kier molecular flexibility index (Phi) is 10.9. The molecule has 2 fully saturated rings. The Balaban J connectivity index is 1.53. The van der Waals surface area contributed by atoms with Crippen molar-refractivity contribution < 1.29 is 14.3 Å². The van der Waals surface area contributed by atoms with Crippen LogP contribution in [0.2, 0.25) is 0 Å². The van der Waals surface area contributed by atoms with Crippen molar-refractivity contribution in [3.8, 4) is 0 Å². The average molecular weight is 396 g/mol. The third kappa shape index (κ3) is 8.41. The summed E-state index contributed by atoms with van der Waals surface area (Å²) in [4.78, 5) is 12.5. The van der Waals surface area contributed by atoms with Gasteiger partial charge in [-0.1, -0.05) is 40.0 Å². The van der Waals surface area contributed by atoms with Crippen molar-refractivity contribution >= 4 is 5.91 Å². The standard InChI is InChI=1S/C24H45NO3/c1-4-6-7-8-10-27-12-13-28-11-9-25-23(26)19-24(5-2)17-21-14-20(3)15-22(16-21)18-24/h20-22H,4-19H2,1-3H3,(H,25,26). The molecule has 0 aromatic rings. The molecule has 1 amide bonds. The molecule has 0 aliphatic heterocycles. The lowest BCUT2D eigenvalue weighted by molar-refractivity contribution is -0.125. The minimum absolute atomic E-state index is 0.214. The highest BCUT2D eigenvalue weighted by molar-refractivity contribution is 5.76. The van der Waals surface area contributed by atoms with Gasteiger partial charge in [0.2, 0.25) is 5.91 Å². The smallest absolute Gasteiger partial charge is 0.220 e. The molecule has 2 unspecified atom stereocenters. The molecule has 2 bridgehead atoms. The summed E-state index contributed by atoms with van der Waals surface area (Å²) in [7, 11) is 0. The lowest BCUT2D eigenvalue weighted by atomic mass is 9.57. The molecule has 0 aromatic heterocycles. The summed E-state index contributed by atoms with van der Waals surface area (Å²) >= 11 is 0. The molecule has 4 nitrogen and oxygen atoms in total. The number of ether oxygens (including phenoxy) is 2. The van der Waals surface area contributed by atoms with Crippen LogP contribution in [0, 0.1) is 23.2 Å². The van der Waals surface area contributed by atoms with Crippen LogP contribution in [0.15, 0.2) is 0 Å². The highest BCUT2D eigenvalue weighted by Gasteiger charge is 2.43. The van der Waals surface area contributed by atoms with Crippen LogP contribution in [0.5, 0.6) is 0 Å². The number of amides is 1. The number of hydrogen-bond acceptors (Lipinski definition) is 3. The van der Waals surface area contributed by atoms with Crippen molar-refractivity contribution in [2.45, 2.75) is 91.4 Å². The van der Waals surface area contributed by atoms with Gasteiger partial charge in [0.1, 0.15) is 0 Å². The summed E-state index contributed by atoms with van der Waals surface area (Å²) in [6.45, 7) is 10.2. The summed E-state index contributed by atoms with van der Waals surface area (Å²) in [5.74, 6) is 2.79. The van der Waals surface area contributed by atoms with Crippen LogP contribution in [0.4, 0.5) is 0 Å². The zero-order chi connectivity index (χ0) is 20.2. The molecule has 2 saturated carbocycles. The van der Waals surface area contributed by atoms with Gasteiger partial charge in [0.15, 0.2) is 0 Å². The van der Waals surface area contributed by atoms with Gasteiger partial charge >= 0.3 is 0 Å². The summed E-state index contributed by atoms with van der Waals surface area (Å²) < 4.78 is 11.2. The van der Waals surface area contributed by atoms with Crippen molar-refractivity contribution in [3.63, 3.8) is 0 Å². The van der Waals surface area contributed by atoms with Crippen molar-refractivity contribution in [2.24, 2.45) is 23.2 Å². The van der Waals surface area contributed by atoms with Crippen LogP contribution in [-0.2, 0) is 14.3 Å². The second kappa shape index (κ2) is 12.8. The van der Waals surface area contributed by atoms with Gasteiger partial charge in [-0.3, -0.25) is 4.79 Å². The fourth-order valence-electron chi connectivity index (χ4n) is 5.72. The van der Waals surface area contributed by atoms with E-state index in [2.05, 4.69) is 26.1 Å². The maximum Gasteiger partial charge on any atom is 0.220 e. The second-order valence-corrected chi connectivity index (χ2v) is 9.62. The van der Waals surface area contributed by atoms with Gasteiger partial charge in [-0.05, 0) is 68.1 Å². The lowest BCUT2D eigenvalue weighted by Gasteiger charge is -2.48. The van der Waals surface area contributed by atoms with Gasteiger partial charge in [0.05, 0.1) is 19.8 Å². The number of hydrogen-bond donors (Lipinski definition) is 1. The van der Waals surface area contributed by atoms with E-state index in [9.17, 15) is 4.79 Å². The molecule has 1 N–H and O–H groups in total. The van der Waals surface area contributed by atoms with E-state index in [1.165, 1.54) is 51.4 Å². The topological polar surface area (TPSA) is 47.6 Å². The number of carbonyl (C=O) groups excluding carboxylic acids is 1. The molecule has 2 aliphatic rings. The van der Waals surface area contributed by atoms with E-state index < -0.39 is 0 Å². The zero-order valence-corrected chi connectivity index (χ0v) is 18.8. The molecule has 0 heterocycles. The quantitative estimate of drug-likeness (QED) is 0.403. The van der Waals surface area contributed by atoms with Crippen molar-refractivity contribution in [1.29, 1.82) is 0 Å². The van der Waals surface area contributed by atoms with Crippen LogP contribution in [-0.4, -0.2) is 38.9 Å². The first-order valence-corrected chi connectivity index (χ1v) is 12.0. The highest BCUT2D eigenvalue weighted by Crippen LogP contribution is 2.53. The predicted octanol–water partition coefficient (Wildman–Crippen LogP) is 5.35. The SMILES string of the molecule is CCCCCCOCCOCCNC(=O)CC1(CC)CC2CC(C)CC(C2)C1. The maximum absolute atomic E-state index is 12.5. The molecule has 0 aromatic carbocycles. The third-order valence-electron chi connectivity index (χ3n) is 6.95. The summed E-state index contributed by atoms with van der Waals surface area (Å²) in [6, 6.07) is 0. The van der Waals surface area contributed by atoms with Gasteiger partial charge in [-0.25, -0.2) is 0 Å². The van der Waals surface area contributed by atoms with Gasteiger partial charge < -0.3 is 14.8 Å². The van der Waals surface area contributed by atoms with E-state index in [0.717, 1.165) is 37.2 Å². The van der Waals surface area contributed by atoms with E-state index in [4.69, 9.17) is 9.47 Å². The fraction of sp³-hybridized carbons (Fsp3) is 0.958. The number of carbonyl (C=O) groups is 1. The van der Waals surface area contributed by atoms with Gasteiger partial charge in [-0.2, -0.15) is 0 Å². The van der Waals surface area contributed by atoms with E-state index in [-0.39, 0.29) is 11.3 Å². The Labute approximate surface area is 173 Å². The van der Waals surface area contributed by atoms with Gasteiger partial charge in [-0.15, -0.1) is 0 Å². The number of fused-ring (bicyclic) bond motifs is 2. The first kappa shape index (κ1) is 23.7. The van der Waals surface area contributed by atoms with E-state index >= 15 is 0 Å². The monoisotopic (exact) mass is 395 g/mol. The Morgan fingerprint density at radius 1 is 0.929 bits per heavy atom. The average Bonchev–Trinajstić information content (AvgIpc) is 2.65. The van der Waals surface area contributed by atoms with E-state index in [1.54, 1.807) is 0 Å². The molecule has 0 radical (unpaired) electrons. The Hall–Kier alpha value is -0.610. The van der Waals surface area contributed by atoms with E-state index in [0.29, 0.717) is 32.8 Å². The zero-order valence-electron chi connectivity index (χ0n) is 18.8. The maximum atomic E-state index is 12.5. The van der Waals surface area contributed by atoms with Crippen molar-refractivity contribution in [3.05, 3.63) is 0 Å². The largest absolute Gasteiger partial charge is 0.379 e. The molecular weight excluding hydrogens is 350 g/mol. The third-order valence-corrected chi connectivity index (χ3v) is 6.95. The molecule has 0 saturated heterocycles. The molecule has 0 spiro atoms. The molecule has 2 aliphatic carbocycles. The number of rotatable bonds is 14. The minimum atomic E-state index is 0.214. The number of unbranched alkanes of at least 4 members (excludes halogenated alkanes) is 3. The predicted molar refractivity (Wildman–Crippen MR) is 115 cm³/mol. The van der Waals surface area contributed by atoms with Crippen LogP contribution < -0.4 is 5.32 Å². The Morgan fingerprint density at radius 2 is 1.61 bits per heavy atom. The lowest BCUT2D eigenvalue weighted by Crippen LogP contribution is -2.41. The molecular formula is C24H45NO3. The number of nitrogens with one attached hydrogen (secondary N) is 1. The van der Waals surface area contributed by atoms with Crippen LogP contribution in [0.3, 0.4) is 0 Å². The summed E-state index contributed by atoms with van der Waals surface area (Å²) in [6.07, 6.45) is 13.4. The van der Waals surface area contributed by atoms with Gasteiger partial charge in [0.25, 0.3) is 0 Å². The van der Waals surface area contributed by atoms with Crippen LogP contribution in [0.25, 0.3) is 0 Å². The Morgan fingerprint density at radius 3 is 2.25 bits per heavy atom. The molecule has 4 heteroatoms. The first-order chi connectivity index (χ1) is 13.6. The van der Waals surface area contributed by atoms with Crippen LogP contribution in [0.1, 0.15) is 91.4 Å². The highest BCUT2D eigenvalue weighted by atomic mass is 16.5. The van der Waals surface area contributed by atoms with Crippen molar-refractivity contribution in [2.75, 3.05) is 33.0 Å². The van der Waals surface area contributed by atoms with E-state index in [1.807, 2.05) is 0 Å². The molecule has 164 valence electrons.